The van der Waals surface area contributed by atoms with Crippen molar-refractivity contribution in [2.45, 2.75) is 12.1 Å². The number of imide groups is 1. The second kappa shape index (κ2) is 7.78. The van der Waals surface area contributed by atoms with Gasteiger partial charge in [-0.1, -0.05) is 50.1 Å². The lowest BCUT2D eigenvalue weighted by molar-refractivity contribution is -0.126. The minimum Gasteiger partial charge on any atom is -0.508 e. The first-order valence-corrected chi connectivity index (χ1v) is 11.2. The molecule has 0 unspecified atom stereocenters. The molecule has 0 aromatic heterocycles. The second-order valence-corrected chi connectivity index (χ2v) is 9.18. The summed E-state index contributed by atoms with van der Waals surface area (Å²) < 4.78 is 1.59. The second-order valence-electron chi connectivity index (χ2n) is 7.35. The molecular formula is C23H16Br2N2O4. The lowest BCUT2D eigenvalue weighted by atomic mass is 9.90. The molecule has 3 aromatic rings. The Bertz CT molecular complexity index is 1170. The van der Waals surface area contributed by atoms with Crippen LogP contribution in [0.1, 0.15) is 11.6 Å². The van der Waals surface area contributed by atoms with E-state index in [2.05, 4.69) is 31.9 Å². The summed E-state index contributed by atoms with van der Waals surface area (Å²) in [5.41, 5.74) is 1.68. The Morgan fingerprint density at radius 2 is 1.48 bits per heavy atom. The minimum atomic E-state index is -0.986. The fraction of sp³-hybridized carbons (Fsp3) is 0.130. The van der Waals surface area contributed by atoms with Gasteiger partial charge in [-0.05, 0) is 54.6 Å². The van der Waals surface area contributed by atoms with Crippen LogP contribution in [0, 0.1) is 5.92 Å². The molecule has 2 amide bonds. The summed E-state index contributed by atoms with van der Waals surface area (Å²) in [6, 6.07) is 20.6. The molecule has 8 heteroatoms. The number of benzene rings is 3. The number of para-hydroxylation sites is 1. The monoisotopic (exact) mass is 542 g/mol. The van der Waals surface area contributed by atoms with Crippen molar-refractivity contribution in [1.82, 2.24) is 0 Å². The zero-order chi connectivity index (χ0) is 21.7. The number of amides is 2. The number of nitrogens with zero attached hydrogens (tertiary/aromatic N) is 2. The van der Waals surface area contributed by atoms with Crippen molar-refractivity contribution in [2.75, 3.05) is 9.96 Å². The van der Waals surface area contributed by atoms with Gasteiger partial charge in [-0.25, -0.2) is 9.96 Å². The highest BCUT2D eigenvalue weighted by Crippen LogP contribution is 2.49. The molecule has 6 nitrogen and oxygen atoms in total. The summed E-state index contributed by atoms with van der Waals surface area (Å²) in [6.07, 6.45) is -0.986. The van der Waals surface area contributed by atoms with Crippen LogP contribution in [-0.4, -0.2) is 23.0 Å². The number of hydrogen-bond donors (Lipinski definition) is 1. The molecule has 0 aliphatic carbocycles. The highest BCUT2D eigenvalue weighted by Gasteiger charge is 2.60. The molecule has 3 aromatic carbocycles. The van der Waals surface area contributed by atoms with E-state index in [9.17, 15) is 14.7 Å². The van der Waals surface area contributed by atoms with Crippen molar-refractivity contribution in [3.05, 3.63) is 87.3 Å². The molecule has 0 radical (unpaired) electrons. The molecule has 2 heterocycles. The van der Waals surface area contributed by atoms with Crippen molar-refractivity contribution in [3.63, 3.8) is 0 Å². The fourth-order valence-corrected chi connectivity index (χ4v) is 4.78. The van der Waals surface area contributed by atoms with Gasteiger partial charge in [-0.3, -0.25) is 14.4 Å². The smallest absolute Gasteiger partial charge is 0.266 e. The van der Waals surface area contributed by atoms with Crippen LogP contribution in [0.3, 0.4) is 0 Å². The standard InChI is InChI=1S/C23H16Br2N2O4/c24-13-6-9-15(10-7-13)26-22(29)19-20(17-12-14(25)8-11-18(17)28)27(31-21(19)23(26)30)16-4-2-1-3-5-16/h1-12,19-21,28H/t19-,20-,21+/m0/s1. The van der Waals surface area contributed by atoms with Crippen LogP contribution in [0.4, 0.5) is 11.4 Å². The third-order valence-electron chi connectivity index (χ3n) is 5.52. The van der Waals surface area contributed by atoms with Gasteiger partial charge in [-0.2, -0.15) is 0 Å². The van der Waals surface area contributed by atoms with Crippen LogP contribution in [0.5, 0.6) is 5.75 Å². The Hall–Kier alpha value is -2.68. The number of hydrogen-bond acceptors (Lipinski definition) is 5. The van der Waals surface area contributed by atoms with Crippen molar-refractivity contribution in [2.24, 2.45) is 5.92 Å². The van der Waals surface area contributed by atoms with Crippen molar-refractivity contribution in [1.29, 1.82) is 0 Å². The van der Waals surface area contributed by atoms with Crippen molar-refractivity contribution < 1.29 is 19.5 Å². The first-order valence-electron chi connectivity index (χ1n) is 9.58. The molecule has 31 heavy (non-hydrogen) atoms. The van der Waals surface area contributed by atoms with Crippen LogP contribution < -0.4 is 9.96 Å². The number of carbonyl (C=O) groups excluding carboxylic acids is 2. The van der Waals surface area contributed by atoms with Gasteiger partial charge < -0.3 is 5.11 Å². The number of carbonyl (C=O) groups is 2. The molecule has 156 valence electrons. The maximum atomic E-state index is 13.5. The number of hydroxylamine groups is 1. The van der Waals surface area contributed by atoms with Gasteiger partial charge >= 0.3 is 0 Å². The van der Waals surface area contributed by atoms with Gasteiger partial charge in [0.2, 0.25) is 5.91 Å². The number of fused-ring (bicyclic) bond motifs is 1. The SMILES string of the molecule is O=C1[C@@H]2[C@@H](ON(c3ccccc3)[C@H]2c2cc(Br)ccc2O)C(=O)N1c1ccc(Br)cc1. The largest absolute Gasteiger partial charge is 0.508 e. The van der Waals surface area contributed by atoms with Gasteiger partial charge in [0.1, 0.15) is 11.7 Å². The molecule has 0 bridgehead atoms. The third kappa shape index (κ3) is 3.35. The fourth-order valence-electron chi connectivity index (χ4n) is 4.14. The Labute approximate surface area is 195 Å². The molecule has 2 aliphatic rings. The summed E-state index contributed by atoms with van der Waals surface area (Å²) in [5.74, 6) is -1.56. The summed E-state index contributed by atoms with van der Waals surface area (Å²) >= 11 is 6.81. The van der Waals surface area contributed by atoms with Crippen LogP contribution in [0.2, 0.25) is 0 Å². The molecule has 1 N–H and O–H groups in total. The summed E-state index contributed by atoms with van der Waals surface area (Å²) in [7, 11) is 0. The molecule has 2 saturated heterocycles. The highest BCUT2D eigenvalue weighted by molar-refractivity contribution is 9.10. The van der Waals surface area contributed by atoms with E-state index in [1.807, 2.05) is 30.3 Å². The Balaban J connectivity index is 1.62. The normalized spacial score (nSPS) is 22.8. The number of anilines is 2. The van der Waals surface area contributed by atoms with Crippen molar-refractivity contribution >= 4 is 55.0 Å². The zero-order valence-electron chi connectivity index (χ0n) is 16.0. The average Bonchev–Trinajstić information content (AvgIpc) is 3.28. The van der Waals surface area contributed by atoms with E-state index in [0.717, 1.165) is 8.95 Å². The molecule has 0 spiro atoms. The predicted molar refractivity (Wildman–Crippen MR) is 122 cm³/mol. The molecule has 5 rings (SSSR count). The van der Waals surface area contributed by atoms with E-state index < -0.39 is 24.0 Å². The Kier molecular flexibility index (Phi) is 5.08. The van der Waals surface area contributed by atoms with E-state index in [1.165, 1.54) is 4.90 Å². The Morgan fingerprint density at radius 1 is 0.806 bits per heavy atom. The number of aromatic hydroxyl groups is 1. The summed E-state index contributed by atoms with van der Waals surface area (Å²) in [5, 5.41) is 12.2. The van der Waals surface area contributed by atoms with E-state index in [4.69, 9.17) is 4.84 Å². The van der Waals surface area contributed by atoms with Gasteiger partial charge in [-0.15, -0.1) is 0 Å². The molecular weight excluding hydrogens is 528 g/mol. The predicted octanol–water partition coefficient (Wildman–Crippen LogP) is 4.97. The quantitative estimate of drug-likeness (QED) is 0.472. The van der Waals surface area contributed by atoms with E-state index in [-0.39, 0.29) is 11.7 Å². The van der Waals surface area contributed by atoms with E-state index >= 15 is 0 Å². The van der Waals surface area contributed by atoms with Gasteiger partial charge in [0, 0.05) is 14.5 Å². The maximum Gasteiger partial charge on any atom is 0.266 e. The van der Waals surface area contributed by atoms with Gasteiger partial charge in [0.25, 0.3) is 5.91 Å². The summed E-state index contributed by atoms with van der Waals surface area (Å²) in [6.45, 7) is 0. The first-order chi connectivity index (χ1) is 15.0. The van der Waals surface area contributed by atoms with Crippen LogP contribution in [-0.2, 0) is 14.4 Å². The van der Waals surface area contributed by atoms with E-state index in [1.54, 1.807) is 47.5 Å². The van der Waals surface area contributed by atoms with Gasteiger partial charge in [0.05, 0.1) is 17.4 Å². The van der Waals surface area contributed by atoms with Crippen LogP contribution in [0.25, 0.3) is 0 Å². The zero-order valence-corrected chi connectivity index (χ0v) is 19.2. The summed E-state index contributed by atoms with van der Waals surface area (Å²) in [4.78, 5) is 34.0. The van der Waals surface area contributed by atoms with Crippen LogP contribution in [0.15, 0.2) is 81.7 Å². The maximum absolute atomic E-state index is 13.5. The van der Waals surface area contributed by atoms with Gasteiger partial charge in [0.15, 0.2) is 6.10 Å². The first kappa shape index (κ1) is 20.2. The number of rotatable bonds is 3. The molecule has 2 fully saturated rings. The average molecular weight is 544 g/mol. The molecule has 0 saturated carbocycles. The van der Waals surface area contributed by atoms with E-state index in [0.29, 0.717) is 16.9 Å². The third-order valence-corrected chi connectivity index (χ3v) is 6.54. The minimum absolute atomic E-state index is 0.0284. The highest BCUT2D eigenvalue weighted by atomic mass is 79.9. The molecule has 2 aliphatic heterocycles. The van der Waals surface area contributed by atoms with Crippen LogP contribution >= 0.6 is 31.9 Å². The Morgan fingerprint density at radius 3 is 2.19 bits per heavy atom. The number of halogens is 2. The number of phenols is 1. The number of phenolic OH excluding ortho intramolecular Hbond substituents is 1. The lowest BCUT2D eigenvalue weighted by Crippen LogP contribution is -2.37. The molecule has 3 atom stereocenters. The lowest BCUT2D eigenvalue weighted by Gasteiger charge is -2.29. The topological polar surface area (TPSA) is 70.1 Å². The van der Waals surface area contributed by atoms with Crippen molar-refractivity contribution in [3.8, 4) is 5.75 Å².